The molecule has 2 heteroatoms. The third kappa shape index (κ3) is 3.14. The molecule has 0 spiro atoms. The molecule has 0 saturated heterocycles. The molecule has 7 aromatic rings. The van der Waals surface area contributed by atoms with E-state index >= 15 is 0 Å². The van der Waals surface area contributed by atoms with Gasteiger partial charge < -0.3 is 4.57 Å². The lowest BCUT2D eigenvalue weighted by Gasteiger charge is -2.20. The van der Waals surface area contributed by atoms with E-state index in [-0.39, 0.29) is 0 Å². The van der Waals surface area contributed by atoms with E-state index in [1.807, 2.05) is 11.3 Å². The molecule has 0 fully saturated rings. The van der Waals surface area contributed by atoms with Crippen LogP contribution in [-0.4, -0.2) is 4.57 Å². The van der Waals surface area contributed by atoms with Gasteiger partial charge in [0.15, 0.2) is 0 Å². The van der Waals surface area contributed by atoms with Gasteiger partial charge in [-0.3, -0.25) is 0 Å². The molecule has 1 atom stereocenters. The molecule has 2 aliphatic carbocycles. The van der Waals surface area contributed by atoms with Crippen molar-refractivity contribution in [2.75, 3.05) is 0 Å². The Bertz CT molecular complexity index is 2150. The first-order chi connectivity index (χ1) is 19.8. The highest BCUT2D eigenvalue weighted by Gasteiger charge is 2.26. The van der Waals surface area contributed by atoms with E-state index in [1.54, 1.807) is 0 Å². The Hall–Kier alpha value is -4.40. The van der Waals surface area contributed by atoms with Crippen LogP contribution in [0.2, 0.25) is 0 Å². The van der Waals surface area contributed by atoms with Crippen molar-refractivity contribution in [2.45, 2.75) is 25.2 Å². The van der Waals surface area contributed by atoms with Crippen LogP contribution in [0.3, 0.4) is 0 Å². The normalized spacial score (nSPS) is 16.2. The number of nitrogens with zero attached hydrogens (tertiary/aromatic N) is 1. The van der Waals surface area contributed by atoms with Gasteiger partial charge in [0.1, 0.15) is 0 Å². The number of rotatable bonds is 2. The van der Waals surface area contributed by atoms with Crippen LogP contribution in [0.4, 0.5) is 0 Å². The Morgan fingerprint density at radius 3 is 2.20 bits per heavy atom. The number of aromatic nitrogens is 1. The zero-order valence-corrected chi connectivity index (χ0v) is 22.9. The van der Waals surface area contributed by atoms with E-state index in [2.05, 4.69) is 126 Å². The van der Waals surface area contributed by atoms with Crippen LogP contribution in [-0.2, 0) is 6.42 Å². The van der Waals surface area contributed by atoms with Crippen molar-refractivity contribution < 1.29 is 0 Å². The highest BCUT2D eigenvalue weighted by molar-refractivity contribution is 7.19. The van der Waals surface area contributed by atoms with Crippen molar-refractivity contribution in [2.24, 2.45) is 0 Å². The van der Waals surface area contributed by atoms with Crippen LogP contribution in [0.1, 0.15) is 46.0 Å². The molecule has 0 radical (unpaired) electrons. The molecule has 9 rings (SSSR count). The number of benzene rings is 5. The van der Waals surface area contributed by atoms with Crippen molar-refractivity contribution >= 4 is 66.0 Å². The predicted molar refractivity (Wildman–Crippen MR) is 173 cm³/mol. The third-order valence-corrected chi connectivity index (χ3v) is 10.3. The highest BCUT2D eigenvalue weighted by Crippen LogP contribution is 2.46. The van der Waals surface area contributed by atoms with Crippen molar-refractivity contribution in [1.82, 2.24) is 4.57 Å². The minimum atomic E-state index is 0.395. The molecule has 0 saturated carbocycles. The zero-order chi connectivity index (χ0) is 26.2. The lowest BCUT2D eigenvalue weighted by Crippen LogP contribution is -2.05. The van der Waals surface area contributed by atoms with Gasteiger partial charge in [0.25, 0.3) is 0 Å². The van der Waals surface area contributed by atoms with Crippen molar-refractivity contribution in [1.29, 1.82) is 0 Å². The molecule has 2 aliphatic rings. The van der Waals surface area contributed by atoms with E-state index in [0.717, 1.165) is 19.3 Å². The van der Waals surface area contributed by atoms with E-state index < -0.39 is 0 Å². The SMILES string of the molecule is C1=Cc2c(n(-c3c4ccccc4cc4ccccc34)c3ccc(C4CC=Cc5c4sc4ccccc54)cc23)CC1. The first-order valence-corrected chi connectivity index (χ1v) is 15.1. The van der Waals surface area contributed by atoms with Crippen molar-refractivity contribution in [3.8, 4) is 5.69 Å². The summed E-state index contributed by atoms with van der Waals surface area (Å²) in [7, 11) is 0. The van der Waals surface area contributed by atoms with Gasteiger partial charge in [0.2, 0.25) is 0 Å². The molecule has 0 bridgehead atoms. The topological polar surface area (TPSA) is 4.93 Å². The third-order valence-electron chi connectivity index (χ3n) is 8.97. The molecule has 5 aromatic carbocycles. The fraction of sp³-hybridized carbons (Fsp3) is 0.105. The van der Waals surface area contributed by atoms with Crippen molar-refractivity contribution in [3.63, 3.8) is 0 Å². The molecule has 2 aromatic heterocycles. The molecule has 1 nitrogen and oxygen atoms in total. The average Bonchev–Trinajstić information content (AvgIpc) is 3.55. The second-order valence-electron chi connectivity index (χ2n) is 11.1. The Kier molecular flexibility index (Phi) is 4.79. The summed E-state index contributed by atoms with van der Waals surface area (Å²) in [6.45, 7) is 0. The summed E-state index contributed by atoms with van der Waals surface area (Å²) in [6, 6.07) is 36.3. The average molecular weight is 530 g/mol. The summed E-state index contributed by atoms with van der Waals surface area (Å²) in [5, 5.41) is 7.97. The van der Waals surface area contributed by atoms with Crippen LogP contribution in [0, 0.1) is 0 Å². The van der Waals surface area contributed by atoms with Gasteiger partial charge in [0, 0.05) is 42.9 Å². The number of thiophene rings is 1. The van der Waals surface area contributed by atoms with Crippen molar-refractivity contribution in [3.05, 3.63) is 136 Å². The molecule has 1 unspecified atom stereocenters. The van der Waals surface area contributed by atoms with Gasteiger partial charge in [-0.05, 0) is 70.8 Å². The number of fused-ring (bicyclic) bond motifs is 8. The van der Waals surface area contributed by atoms with E-state index in [0.29, 0.717) is 5.92 Å². The van der Waals surface area contributed by atoms with Gasteiger partial charge in [-0.25, -0.2) is 0 Å². The maximum Gasteiger partial charge on any atom is 0.0615 e. The van der Waals surface area contributed by atoms with Crippen LogP contribution in [0.15, 0.2) is 109 Å². The summed E-state index contributed by atoms with van der Waals surface area (Å²) in [6.07, 6.45) is 12.6. The van der Waals surface area contributed by atoms with Crippen LogP contribution < -0.4 is 0 Å². The molecule has 0 aliphatic heterocycles. The molecular formula is C38H27NS. The summed E-state index contributed by atoms with van der Waals surface area (Å²) in [5.74, 6) is 0.395. The molecular weight excluding hydrogens is 502 g/mol. The summed E-state index contributed by atoms with van der Waals surface area (Å²) in [4.78, 5) is 1.51. The Morgan fingerprint density at radius 1 is 0.650 bits per heavy atom. The van der Waals surface area contributed by atoms with Crippen LogP contribution in [0.25, 0.3) is 60.4 Å². The second-order valence-corrected chi connectivity index (χ2v) is 12.2. The lowest BCUT2D eigenvalue weighted by atomic mass is 9.86. The second kappa shape index (κ2) is 8.55. The highest BCUT2D eigenvalue weighted by atomic mass is 32.1. The minimum Gasteiger partial charge on any atom is -0.312 e. The molecule has 40 heavy (non-hydrogen) atoms. The minimum absolute atomic E-state index is 0.395. The van der Waals surface area contributed by atoms with Gasteiger partial charge in [0.05, 0.1) is 11.2 Å². The fourth-order valence-corrected chi connectivity index (χ4v) is 8.51. The molecule has 2 heterocycles. The largest absolute Gasteiger partial charge is 0.312 e. The van der Waals surface area contributed by atoms with E-state index in [9.17, 15) is 0 Å². The predicted octanol–water partition coefficient (Wildman–Crippen LogP) is 10.7. The maximum atomic E-state index is 2.59. The first kappa shape index (κ1) is 22.4. The lowest BCUT2D eigenvalue weighted by molar-refractivity contribution is 0.841. The maximum absolute atomic E-state index is 2.59. The zero-order valence-electron chi connectivity index (χ0n) is 22.1. The monoisotopic (exact) mass is 529 g/mol. The Morgan fingerprint density at radius 2 is 1.38 bits per heavy atom. The first-order valence-electron chi connectivity index (χ1n) is 14.3. The molecule has 0 N–H and O–H groups in total. The number of hydrogen-bond acceptors (Lipinski definition) is 1. The Balaban J connectivity index is 1.32. The summed E-state index contributed by atoms with van der Waals surface area (Å²) >= 11 is 1.97. The van der Waals surface area contributed by atoms with E-state index in [4.69, 9.17) is 0 Å². The Labute approximate surface area is 237 Å². The van der Waals surface area contributed by atoms with Crippen LogP contribution >= 0.6 is 11.3 Å². The number of allylic oxidation sites excluding steroid dienone is 2. The molecule has 190 valence electrons. The summed E-state index contributed by atoms with van der Waals surface area (Å²) in [5.41, 5.74) is 8.29. The van der Waals surface area contributed by atoms with Gasteiger partial charge >= 0.3 is 0 Å². The smallest absolute Gasteiger partial charge is 0.0615 e. The van der Waals surface area contributed by atoms with Gasteiger partial charge in [-0.1, -0.05) is 97.1 Å². The standard InChI is InChI=1S/C38H27NS/c1-3-12-27-24(10-1)22-25-11-2-4-13-28(25)37(27)39-34-18-7-5-14-30(34)33-23-26(20-21-35(33)39)29-16-9-17-32-31-15-6-8-19-36(31)40-38(29)32/h1-6,8-15,17,19-23,29H,7,16,18H2. The number of hydrogen-bond donors (Lipinski definition) is 0. The van der Waals surface area contributed by atoms with Gasteiger partial charge in [-0.15, -0.1) is 11.3 Å². The van der Waals surface area contributed by atoms with Gasteiger partial charge in [-0.2, -0.15) is 0 Å². The molecule has 0 amide bonds. The fourth-order valence-electron chi connectivity index (χ4n) is 7.17. The van der Waals surface area contributed by atoms with E-state index in [1.165, 1.54) is 75.5 Å². The quantitative estimate of drug-likeness (QED) is 0.196. The summed E-state index contributed by atoms with van der Waals surface area (Å²) < 4.78 is 3.98. The van der Waals surface area contributed by atoms with Crippen LogP contribution in [0.5, 0.6) is 0 Å².